The van der Waals surface area contributed by atoms with Crippen molar-refractivity contribution in [3.63, 3.8) is 0 Å². The maximum atomic E-state index is 6.19. The predicted molar refractivity (Wildman–Crippen MR) is 79.6 cm³/mol. The van der Waals surface area contributed by atoms with Crippen molar-refractivity contribution < 1.29 is 0 Å². The summed E-state index contributed by atoms with van der Waals surface area (Å²) in [5.74, 6) is 1.40. The molecule has 4 heteroatoms. The van der Waals surface area contributed by atoms with Gasteiger partial charge in [0.2, 0.25) is 0 Å². The highest BCUT2D eigenvalue weighted by Crippen LogP contribution is 2.27. The van der Waals surface area contributed by atoms with Crippen molar-refractivity contribution in [2.45, 2.75) is 38.8 Å². The molecule has 2 aromatic rings. The Kier molecular flexibility index (Phi) is 4.27. The largest absolute Gasteiger partial charge is 0.326 e. The van der Waals surface area contributed by atoms with Gasteiger partial charge in [0.25, 0.3) is 0 Å². The van der Waals surface area contributed by atoms with E-state index in [1.807, 2.05) is 37.5 Å². The molecule has 0 radical (unpaired) electrons. The molecule has 2 rings (SSSR count). The maximum absolute atomic E-state index is 6.19. The molecule has 2 atom stereocenters. The van der Waals surface area contributed by atoms with E-state index in [9.17, 15) is 0 Å². The second kappa shape index (κ2) is 5.76. The number of aromatic nitrogens is 2. The minimum Gasteiger partial charge on any atom is -0.326 e. The summed E-state index contributed by atoms with van der Waals surface area (Å²) < 4.78 is 2.15. The van der Waals surface area contributed by atoms with Crippen LogP contribution in [0, 0.1) is 0 Å². The van der Waals surface area contributed by atoms with Crippen LogP contribution in [0.5, 0.6) is 0 Å². The standard InChI is InChI=1S/C15H20ClN3/c1-10(2)15-18-7-8-19(15)14(11(3)17)12-5-4-6-13(16)9-12/h4-11,14H,17H2,1-3H3. The third-order valence-corrected chi connectivity index (χ3v) is 3.44. The van der Waals surface area contributed by atoms with Crippen LogP contribution in [0.2, 0.25) is 5.02 Å². The monoisotopic (exact) mass is 277 g/mol. The van der Waals surface area contributed by atoms with Gasteiger partial charge in [-0.15, -0.1) is 0 Å². The Hall–Kier alpha value is -1.32. The summed E-state index contributed by atoms with van der Waals surface area (Å²) in [4.78, 5) is 4.44. The predicted octanol–water partition coefficient (Wildman–Crippen LogP) is 3.60. The van der Waals surface area contributed by atoms with E-state index in [0.717, 1.165) is 16.4 Å². The van der Waals surface area contributed by atoms with Crippen LogP contribution in [0.3, 0.4) is 0 Å². The van der Waals surface area contributed by atoms with Crippen molar-refractivity contribution in [1.82, 2.24) is 9.55 Å². The Morgan fingerprint density at radius 2 is 2.00 bits per heavy atom. The van der Waals surface area contributed by atoms with Crippen LogP contribution in [0.1, 0.15) is 44.1 Å². The van der Waals surface area contributed by atoms with Gasteiger partial charge in [-0.25, -0.2) is 4.98 Å². The van der Waals surface area contributed by atoms with Gasteiger partial charge in [0.05, 0.1) is 6.04 Å². The Balaban J connectivity index is 2.49. The van der Waals surface area contributed by atoms with Crippen LogP contribution in [-0.2, 0) is 0 Å². The van der Waals surface area contributed by atoms with Crippen LogP contribution in [0.15, 0.2) is 36.7 Å². The SMILES string of the molecule is CC(C)c1nccn1C(c1cccc(Cl)c1)C(C)N. The summed E-state index contributed by atoms with van der Waals surface area (Å²) in [5.41, 5.74) is 7.30. The maximum Gasteiger partial charge on any atom is 0.111 e. The quantitative estimate of drug-likeness (QED) is 0.928. The third-order valence-electron chi connectivity index (χ3n) is 3.20. The molecule has 1 heterocycles. The van der Waals surface area contributed by atoms with Crippen LogP contribution in [-0.4, -0.2) is 15.6 Å². The van der Waals surface area contributed by atoms with Gasteiger partial charge in [-0.05, 0) is 24.6 Å². The van der Waals surface area contributed by atoms with Crippen molar-refractivity contribution in [2.24, 2.45) is 5.73 Å². The van der Waals surface area contributed by atoms with E-state index in [-0.39, 0.29) is 12.1 Å². The molecule has 0 aliphatic carbocycles. The first-order valence-electron chi connectivity index (χ1n) is 6.54. The first-order chi connectivity index (χ1) is 9.00. The number of hydrogen-bond donors (Lipinski definition) is 1. The zero-order valence-electron chi connectivity index (χ0n) is 11.5. The molecule has 0 saturated carbocycles. The van der Waals surface area contributed by atoms with Gasteiger partial charge < -0.3 is 10.3 Å². The zero-order chi connectivity index (χ0) is 14.0. The van der Waals surface area contributed by atoms with Gasteiger partial charge in [-0.1, -0.05) is 37.6 Å². The Morgan fingerprint density at radius 3 is 2.58 bits per heavy atom. The lowest BCUT2D eigenvalue weighted by Gasteiger charge is -2.26. The van der Waals surface area contributed by atoms with Crippen molar-refractivity contribution in [3.05, 3.63) is 53.1 Å². The Bertz CT molecular complexity index is 546. The molecule has 2 N–H and O–H groups in total. The fourth-order valence-corrected chi connectivity index (χ4v) is 2.61. The van der Waals surface area contributed by atoms with Gasteiger partial charge in [0.15, 0.2) is 0 Å². The van der Waals surface area contributed by atoms with Gasteiger partial charge in [-0.3, -0.25) is 0 Å². The van der Waals surface area contributed by atoms with Crippen LogP contribution in [0.25, 0.3) is 0 Å². The lowest BCUT2D eigenvalue weighted by Crippen LogP contribution is -2.31. The van der Waals surface area contributed by atoms with Crippen LogP contribution < -0.4 is 5.73 Å². The molecule has 0 fully saturated rings. The average Bonchev–Trinajstić information content (AvgIpc) is 2.78. The van der Waals surface area contributed by atoms with Gasteiger partial charge in [-0.2, -0.15) is 0 Å². The number of nitrogens with zero attached hydrogens (tertiary/aromatic N) is 2. The van der Waals surface area contributed by atoms with Crippen LogP contribution in [0.4, 0.5) is 0 Å². The fraction of sp³-hybridized carbons (Fsp3) is 0.400. The lowest BCUT2D eigenvalue weighted by atomic mass is 10.00. The van der Waals surface area contributed by atoms with Crippen LogP contribution >= 0.6 is 11.6 Å². The van der Waals surface area contributed by atoms with Crippen molar-refractivity contribution in [3.8, 4) is 0 Å². The lowest BCUT2D eigenvalue weighted by molar-refractivity contribution is 0.471. The summed E-state index contributed by atoms with van der Waals surface area (Å²) in [5, 5.41) is 0.731. The topological polar surface area (TPSA) is 43.8 Å². The first kappa shape index (κ1) is 14.1. The summed E-state index contributed by atoms with van der Waals surface area (Å²) in [6, 6.07) is 7.90. The van der Waals surface area contributed by atoms with Crippen molar-refractivity contribution >= 4 is 11.6 Å². The molecule has 1 aromatic carbocycles. The highest BCUT2D eigenvalue weighted by Gasteiger charge is 2.22. The number of rotatable bonds is 4. The van der Waals surface area contributed by atoms with E-state index in [1.54, 1.807) is 0 Å². The molecular formula is C15H20ClN3. The molecule has 102 valence electrons. The number of nitrogens with two attached hydrogens (primary N) is 1. The molecular weight excluding hydrogens is 258 g/mol. The minimum absolute atomic E-state index is 0.0230. The van der Waals surface area contributed by atoms with E-state index in [4.69, 9.17) is 17.3 Å². The number of halogens is 1. The first-order valence-corrected chi connectivity index (χ1v) is 6.92. The fourth-order valence-electron chi connectivity index (χ4n) is 2.42. The molecule has 0 bridgehead atoms. The summed E-state index contributed by atoms with van der Waals surface area (Å²) in [7, 11) is 0. The molecule has 19 heavy (non-hydrogen) atoms. The number of imidazole rings is 1. The third kappa shape index (κ3) is 2.99. The van der Waals surface area contributed by atoms with E-state index >= 15 is 0 Å². The van der Waals surface area contributed by atoms with Gasteiger partial charge in [0.1, 0.15) is 5.82 Å². The second-order valence-corrected chi connectivity index (χ2v) is 5.64. The minimum atomic E-state index is -0.0230. The molecule has 3 nitrogen and oxygen atoms in total. The van der Waals surface area contributed by atoms with E-state index in [0.29, 0.717) is 5.92 Å². The molecule has 1 aromatic heterocycles. The second-order valence-electron chi connectivity index (χ2n) is 5.21. The van der Waals surface area contributed by atoms with E-state index in [1.165, 1.54) is 0 Å². The van der Waals surface area contributed by atoms with E-state index < -0.39 is 0 Å². The van der Waals surface area contributed by atoms with Gasteiger partial charge >= 0.3 is 0 Å². The molecule has 0 saturated heterocycles. The highest BCUT2D eigenvalue weighted by atomic mass is 35.5. The highest BCUT2D eigenvalue weighted by molar-refractivity contribution is 6.30. The molecule has 0 amide bonds. The molecule has 0 spiro atoms. The number of hydrogen-bond acceptors (Lipinski definition) is 2. The Labute approximate surface area is 119 Å². The average molecular weight is 278 g/mol. The zero-order valence-corrected chi connectivity index (χ0v) is 12.3. The molecule has 2 unspecified atom stereocenters. The van der Waals surface area contributed by atoms with E-state index in [2.05, 4.69) is 29.5 Å². The Morgan fingerprint density at radius 1 is 1.26 bits per heavy atom. The number of benzene rings is 1. The van der Waals surface area contributed by atoms with Crippen molar-refractivity contribution in [1.29, 1.82) is 0 Å². The normalized spacial score (nSPS) is 14.6. The molecule has 0 aliphatic rings. The smallest absolute Gasteiger partial charge is 0.111 e. The summed E-state index contributed by atoms with van der Waals surface area (Å²) >= 11 is 6.09. The summed E-state index contributed by atoms with van der Waals surface area (Å²) in [6.45, 7) is 6.28. The van der Waals surface area contributed by atoms with Crippen molar-refractivity contribution in [2.75, 3.05) is 0 Å². The van der Waals surface area contributed by atoms with Gasteiger partial charge in [0, 0.05) is 29.4 Å². The molecule has 0 aliphatic heterocycles. The summed E-state index contributed by atoms with van der Waals surface area (Å²) in [6.07, 6.45) is 3.82.